The second-order valence-electron chi connectivity index (χ2n) is 9.33. The van der Waals surface area contributed by atoms with E-state index in [1.165, 1.54) is 4.90 Å². The van der Waals surface area contributed by atoms with E-state index in [1.54, 1.807) is 6.08 Å². The number of amides is 2. The van der Waals surface area contributed by atoms with Crippen LogP contribution in [0.15, 0.2) is 95.9 Å². The molecule has 0 aliphatic carbocycles. The van der Waals surface area contributed by atoms with Crippen molar-refractivity contribution in [2.75, 3.05) is 31.1 Å². The Morgan fingerprint density at radius 3 is 2.38 bits per heavy atom. The van der Waals surface area contributed by atoms with Crippen molar-refractivity contribution in [2.45, 2.75) is 20.5 Å². The Kier molecular flexibility index (Phi) is 8.71. The quantitative estimate of drug-likeness (QED) is 0.181. The van der Waals surface area contributed by atoms with Crippen molar-refractivity contribution in [3.63, 3.8) is 0 Å². The third kappa shape index (κ3) is 6.15. The van der Waals surface area contributed by atoms with E-state index in [9.17, 15) is 9.59 Å². The van der Waals surface area contributed by atoms with Crippen LogP contribution in [0.1, 0.15) is 25.0 Å². The van der Waals surface area contributed by atoms with Crippen molar-refractivity contribution < 1.29 is 19.1 Å². The SMILES string of the molecule is CCN(CC)c1ccc(/C=C2\SC(=O)N(CCOc3cccc4ccccc34)C2=O)c(OCc2ccccc2)c1. The van der Waals surface area contributed by atoms with Gasteiger partial charge in [0.25, 0.3) is 11.1 Å². The third-order valence-corrected chi connectivity index (χ3v) is 7.75. The highest BCUT2D eigenvalue weighted by molar-refractivity contribution is 8.18. The molecular weight excluding hydrogens is 520 g/mol. The maximum atomic E-state index is 13.2. The molecule has 1 saturated heterocycles. The van der Waals surface area contributed by atoms with E-state index < -0.39 is 0 Å². The molecule has 0 bridgehead atoms. The first-order valence-electron chi connectivity index (χ1n) is 13.5. The number of rotatable bonds is 11. The van der Waals surface area contributed by atoms with Gasteiger partial charge in [0.2, 0.25) is 0 Å². The number of fused-ring (bicyclic) bond motifs is 1. The summed E-state index contributed by atoms with van der Waals surface area (Å²) in [7, 11) is 0. The fourth-order valence-corrected chi connectivity index (χ4v) is 5.55. The van der Waals surface area contributed by atoms with Crippen molar-refractivity contribution in [2.24, 2.45) is 0 Å². The van der Waals surface area contributed by atoms with E-state index in [-0.39, 0.29) is 24.3 Å². The van der Waals surface area contributed by atoms with Gasteiger partial charge in [0.05, 0.1) is 11.4 Å². The van der Waals surface area contributed by atoms with Crippen LogP contribution in [0.3, 0.4) is 0 Å². The maximum Gasteiger partial charge on any atom is 0.293 e. The molecule has 5 rings (SSSR count). The first kappa shape index (κ1) is 27.3. The van der Waals surface area contributed by atoms with Crippen LogP contribution in [0.25, 0.3) is 16.8 Å². The van der Waals surface area contributed by atoms with Gasteiger partial charge in [0.1, 0.15) is 24.7 Å². The lowest BCUT2D eigenvalue weighted by atomic mass is 10.1. The summed E-state index contributed by atoms with van der Waals surface area (Å²) >= 11 is 0.945. The van der Waals surface area contributed by atoms with Gasteiger partial charge in [-0.2, -0.15) is 0 Å². The van der Waals surface area contributed by atoms with Crippen molar-refractivity contribution in [1.29, 1.82) is 0 Å². The normalized spacial score (nSPS) is 14.2. The Hall–Kier alpha value is -4.23. The lowest BCUT2D eigenvalue weighted by Gasteiger charge is -2.22. The van der Waals surface area contributed by atoms with E-state index in [0.717, 1.165) is 58.2 Å². The third-order valence-electron chi connectivity index (χ3n) is 6.85. The van der Waals surface area contributed by atoms with Crippen LogP contribution in [-0.4, -0.2) is 42.3 Å². The molecule has 6 nitrogen and oxygen atoms in total. The van der Waals surface area contributed by atoms with E-state index in [4.69, 9.17) is 9.47 Å². The van der Waals surface area contributed by atoms with Crippen LogP contribution in [0.4, 0.5) is 10.5 Å². The number of nitrogens with zero attached hydrogens (tertiary/aromatic N) is 2. The van der Waals surface area contributed by atoms with Crippen LogP contribution < -0.4 is 14.4 Å². The molecule has 0 atom stereocenters. The summed E-state index contributed by atoms with van der Waals surface area (Å²) in [5.41, 5.74) is 2.85. The highest BCUT2D eigenvalue weighted by Crippen LogP contribution is 2.35. The summed E-state index contributed by atoms with van der Waals surface area (Å²) in [5.74, 6) is 1.08. The van der Waals surface area contributed by atoms with E-state index in [1.807, 2.05) is 91.0 Å². The summed E-state index contributed by atoms with van der Waals surface area (Å²) in [6, 6.07) is 29.7. The van der Waals surface area contributed by atoms with Crippen LogP contribution in [-0.2, 0) is 11.4 Å². The second-order valence-corrected chi connectivity index (χ2v) is 10.3. The zero-order valence-electron chi connectivity index (χ0n) is 22.7. The predicted molar refractivity (Wildman–Crippen MR) is 163 cm³/mol. The van der Waals surface area contributed by atoms with Gasteiger partial charge in [-0.1, -0.05) is 66.7 Å². The number of hydrogen-bond acceptors (Lipinski definition) is 6. The first-order chi connectivity index (χ1) is 19.6. The monoisotopic (exact) mass is 552 g/mol. The average molecular weight is 553 g/mol. The number of thioether (sulfide) groups is 1. The zero-order chi connectivity index (χ0) is 27.9. The van der Waals surface area contributed by atoms with E-state index in [0.29, 0.717) is 17.3 Å². The van der Waals surface area contributed by atoms with Gasteiger partial charge >= 0.3 is 0 Å². The van der Waals surface area contributed by atoms with Crippen molar-refractivity contribution in [1.82, 2.24) is 4.90 Å². The largest absolute Gasteiger partial charge is 0.491 e. The number of ether oxygens (including phenoxy) is 2. The lowest BCUT2D eigenvalue weighted by molar-refractivity contribution is -0.123. The average Bonchev–Trinajstić information content (AvgIpc) is 3.25. The van der Waals surface area contributed by atoms with E-state index in [2.05, 4.69) is 18.7 Å². The van der Waals surface area contributed by atoms with Crippen LogP contribution >= 0.6 is 11.8 Å². The molecule has 0 saturated carbocycles. The van der Waals surface area contributed by atoms with Crippen molar-refractivity contribution in [3.8, 4) is 11.5 Å². The number of carbonyl (C=O) groups excluding carboxylic acids is 2. The Morgan fingerprint density at radius 1 is 0.825 bits per heavy atom. The van der Waals surface area contributed by atoms with Crippen molar-refractivity contribution in [3.05, 3.63) is 107 Å². The second kappa shape index (κ2) is 12.7. The summed E-state index contributed by atoms with van der Waals surface area (Å²) in [4.78, 5) is 29.9. The molecule has 40 heavy (non-hydrogen) atoms. The molecule has 0 spiro atoms. The lowest BCUT2D eigenvalue weighted by Crippen LogP contribution is -2.32. The molecule has 1 fully saturated rings. The molecule has 7 heteroatoms. The molecule has 0 unspecified atom stereocenters. The van der Waals surface area contributed by atoms with Crippen LogP contribution in [0.5, 0.6) is 11.5 Å². The Bertz CT molecular complexity index is 1530. The number of carbonyl (C=O) groups is 2. The van der Waals surface area contributed by atoms with Gasteiger partial charge in [0, 0.05) is 35.8 Å². The molecular formula is C33H32N2O4S. The smallest absolute Gasteiger partial charge is 0.293 e. The molecule has 4 aromatic rings. The van der Waals surface area contributed by atoms with Gasteiger partial charge in [-0.3, -0.25) is 14.5 Å². The summed E-state index contributed by atoms with van der Waals surface area (Å²) < 4.78 is 12.2. The highest BCUT2D eigenvalue weighted by Gasteiger charge is 2.35. The molecule has 2 amide bonds. The van der Waals surface area contributed by atoms with Gasteiger partial charge in [-0.25, -0.2) is 0 Å². The van der Waals surface area contributed by atoms with Gasteiger partial charge < -0.3 is 14.4 Å². The number of imide groups is 1. The minimum Gasteiger partial charge on any atom is -0.491 e. The molecule has 0 N–H and O–H groups in total. The minimum absolute atomic E-state index is 0.170. The topological polar surface area (TPSA) is 59.1 Å². The summed E-state index contributed by atoms with van der Waals surface area (Å²) in [6.45, 7) is 6.74. The van der Waals surface area contributed by atoms with Gasteiger partial charge in [-0.05, 0) is 60.8 Å². The van der Waals surface area contributed by atoms with Gasteiger partial charge in [0.15, 0.2) is 0 Å². The molecule has 1 aliphatic heterocycles. The molecule has 4 aromatic carbocycles. The minimum atomic E-state index is -0.321. The Morgan fingerprint density at radius 2 is 1.57 bits per heavy atom. The summed E-state index contributed by atoms with van der Waals surface area (Å²) in [5, 5.41) is 1.77. The molecule has 1 aliphatic rings. The standard InChI is InChI=1S/C33H32N2O4S/c1-3-34(4-2)27-18-17-26(30(22-27)39-23-24-11-6-5-7-12-24)21-31-32(36)35(33(37)40-31)19-20-38-29-16-10-14-25-13-8-9-15-28(25)29/h5-18,21-22H,3-4,19-20,23H2,1-2H3/b31-21-. The molecule has 204 valence electrons. The highest BCUT2D eigenvalue weighted by atomic mass is 32.2. The maximum absolute atomic E-state index is 13.2. The van der Waals surface area contributed by atoms with Crippen LogP contribution in [0.2, 0.25) is 0 Å². The van der Waals surface area contributed by atoms with Crippen molar-refractivity contribution >= 4 is 45.4 Å². The number of anilines is 1. The van der Waals surface area contributed by atoms with Crippen LogP contribution in [0, 0.1) is 0 Å². The zero-order valence-corrected chi connectivity index (χ0v) is 23.5. The summed E-state index contributed by atoms with van der Waals surface area (Å²) in [6.07, 6.45) is 1.75. The number of benzene rings is 4. The first-order valence-corrected chi connectivity index (χ1v) is 14.3. The Balaban J connectivity index is 1.32. The fraction of sp³-hybridized carbons (Fsp3) is 0.212. The molecule has 0 aromatic heterocycles. The Labute approximate surface area is 239 Å². The van der Waals surface area contributed by atoms with Gasteiger partial charge in [-0.15, -0.1) is 0 Å². The predicted octanol–water partition coefficient (Wildman–Crippen LogP) is 7.38. The fourth-order valence-electron chi connectivity index (χ4n) is 4.69. The molecule has 0 radical (unpaired) electrons. The number of hydrogen-bond donors (Lipinski definition) is 0. The molecule has 1 heterocycles. The van der Waals surface area contributed by atoms with E-state index >= 15 is 0 Å².